The smallest absolute Gasteiger partial charge is 0.297 e. The molecular formula is C17H19NO5S. The van der Waals surface area contributed by atoms with Crippen molar-refractivity contribution in [1.29, 1.82) is 0 Å². The van der Waals surface area contributed by atoms with Crippen LogP contribution in [-0.2, 0) is 14.3 Å². The second kappa shape index (κ2) is 6.33. The van der Waals surface area contributed by atoms with Crippen molar-refractivity contribution in [3.05, 3.63) is 47.5 Å². The van der Waals surface area contributed by atoms with E-state index in [1.165, 1.54) is 12.1 Å². The number of anilines is 1. The van der Waals surface area contributed by atoms with E-state index in [9.17, 15) is 8.42 Å². The van der Waals surface area contributed by atoms with Crippen LogP contribution in [-0.4, -0.2) is 27.7 Å². The number of rotatable bonds is 4. The van der Waals surface area contributed by atoms with E-state index in [2.05, 4.69) is 0 Å². The number of benzene rings is 2. The predicted octanol–water partition coefficient (Wildman–Crippen LogP) is 2.43. The Kier molecular flexibility index (Phi) is 4.38. The summed E-state index contributed by atoms with van der Waals surface area (Å²) in [5.74, 6) is 1.09. The van der Waals surface area contributed by atoms with Gasteiger partial charge in [0, 0.05) is 11.8 Å². The third kappa shape index (κ3) is 3.47. The van der Waals surface area contributed by atoms with Crippen LogP contribution in [0.1, 0.15) is 11.1 Å². The van der Waals surface area contributed by atoms with Crippen LogP contribution in [0.3, 0.4) is 0 Å². The van der Waals surface area contributed by atoms with Gasteiger partial charge in [0.2, 0.25) is 0 Å². The molecule has 0 bridgehead atoms. The third-order valence-corrected chi connectivity index (χ3v) is 5.07. The second-order valence-electron chi connectivity index (χ2n) is 5.76. The number of hydrogen-bond donors (Lipinski definition) is 1. The molecule has 24 heavy (non-hydrogen) atoms. The Hall–Kier alpha value is -2.25. The molecule has 1 aliphatic rings. The molecule has 0 amide bonds. The second-order valence-corrected chi connectivity index (χ2v) is 7.37. The highest BCUT2D eigenvalue weighted by Gasteiger charge is 2.25. The van der Waals surface area contributed by atoms with Gasteiger partial charge in [0.05, 0.1) is 4.90 Å². The molecule has 2 N–H and O–H groups in total. The number of aryl methyl sites for hydroxylation is 2. The van der Waals surface area contributed by atoms with Gasteiger partial charge in [-0.2, -0.15) is 8.42 Å². The first kappa shape index (κ1) is 16.6. The lowest BCUT2D eigenvalue weighted by atomic mass is 10.1. The maximum absolute atomic E-state index is 12.2. The van der Waals surface area contributed by atoms with Crippen LogP contribution in [0.15, 0.2) is 41.3 Å². The average molecular weight is 349 g/mol. The van der Waals surface area contributed by atoms with Gasteiger partial charge >= 0.3 is 0 Å². The van der Waals surface area contributed by atoms with Gasteiger partial charge in [0.1, 0.15) is 13.2 Å². The molecule has 0 saturated heterocycles. The lowest BCUT2D eigenvalue weighted by molar-refractivity contribution is 0.0555. The summed E-state index contributed by atoms with van der Waals surface area (Å²) in [6.07, 6.45) is -0.528. The fraction of sp³-hybridized carbons (Fsp3) is 0.294. The van der Waals surface area contributed by atoms with Crippen molar-refractivity contribution < 1.29 is 22.1 Å². The molecule has 0 radical (unpaired) electrons. The van der Waals surface area contributed by atoms with E-state index in [0.29, 0.717) is 17.2 Å². The van der Waals surface area contributed by atoms with Crippen LogP contribution in [0.25, 0.3) is 0 Å². The van der Waals surface area contributed by atoms with Gasteiger partial charge in [-0.15, -0.1) is 0 Å². The highest BCUT2D eigenvalue weighted by molar-refractivity contribution is 7.86. The van der Waals surface area contributed by atoms with Gasteiger partial charge in [0.15, 0.2) is 17.6 Å². The summed E-state index contributed by atoms with van der Waals surface area (Å²) in [6, 6.07) is 9.94. The SMILES string of the molecule is Cc1ccc(S(=O)(=O)OC[C@H]2COc3cc(C)c(N)cc3O2)cc1. The van der Waals surface area contributed by atoms with Crippen molar-refractivity contribution in [1.82, 2.24) is 0 Å². The first-order valence-corrected chi connectivity index (χ1v) is 8.91. The molecular weight excluding hydrogens is 330 g/mol. The molecule has 7 heteroatoms. The van der Waals surface area contributed by atoms with Gasteiger partial charge in [-0.1, -0.05) is 17.7 Å². The number of nitrogens with two attached hydrogens (primary N) is 1. The predicted molar refractivity (Wildman–Crippen MR) is 89.8 cm³/mol. The monoisotopic (exact) mass is 349 g/mol. The maximum Gasteiger partial charge on any atom is 0.297 e. The summed E-state index contributed by atoms with van der Waals surface area (Å²) in [4.78, 5) is 0.116. The van der Waals surface area contributed by atoms with E-state index in [4.69, 9.17) is 19.4 Å². The van der Waals surface area contributed by atoms with E-state index < -0.39 is 16.2 Å². The van der Waals surface area contributed by atoms with Crippen LogP contribution in [0.2, 0.25) is 0 Å². The molecule has 6 nitrogen and oxygen atoms in total. The summed E-state index contributed by atoms with van der Waals surface area (Å²) in [5, 5.41) is 0. The first-order chi connectivity index (χ1) is 11.3. The number of fused-ring (bicyclic) bond motifs is 1. The minimum atomic E-state index is -3.83. The topological polar surface area (TPSA) is 87.9 Å². The van der Waals surface area contributed by atoms with Crippen molar-refractivity contribution in [2.75, 3.05) is 18.9 Å². The normalized spacial score (nSPS) is 16.8. The lowest BCUT2D eigenvalue weighted by Gasteiger charge is -2.26. The first-order valence-electron chi connectivity index (χ1n) is 7.51. The number of nitrogen functional groups attached to an aromatic ring is 1. The zero-order valence-electron chi connectivity index (χ0n) is 13.5. The van der Waals surface area contributed by atoms with E-state index in [1.54, 1.807) is 24.3 Å². The Bertz CT molecular complexity index is 846. The van der Waals surface area contributed by atoms with Crippen LogP contribution >= 0.6 is 0 Å². The molecule has 3 rings (SSSR count). The molecule has 2 aromatic rings. The Morgan fingerprint density at radius 3 is 2.58 bits per heavy atom. The van der Waals surface area contributed by atoms with Crippen molar-refractivity contribution in [3.63, 3.8) is 0 Å². The van der Waals surface area contributed by atoms with Gasteiger partial charge in [-0.25, -0.2) is 0 Å². The molecule has 128 valence electrons. The molecule has 0 fully saturated rings. The summed E-state index contributed by atoms with van der Waals surface area (Å²) < 4.78 is 40.8. The zero-order valence-corrected chi connectivity index (χ0v) is 14.3. The van der Waals surface area contributed by atoms with E-state index >= 15 is 0 Å². The molecule has 1 atom stereocenters. The fourth-order valence-electron chi connectivity index (χ4n) is 2.30. The summed E-state index contributed by atoms with van der Waals surface area (Å²) >= 11 is 0. The molecule has 0 aliphatic carbocycles. The minimum Gasteiger partial charge on any atom is -0.486 e. The Morgan fingerprint density at radius 2 is 1.88 bits per heavy atom. The maximum atomic E-state index is 12.2. The molecule has 2 aromatic carbocycles. The van der Waals surface area contributed by atoms with Crippen LogP contribution in [0, 0.1) is 13.8 Å². The Balaban J connectivity index is 1.67. The zero-order chi connectivity index (χ0) is 17.3. The largest absolute Gasteiger partial charge is 0.486 e. The molecule has 0 saturated carbocycles. The molecule has 1 aliphatic heterocycles. The fourth-order valence-corrected chi connectivity index (χ4v) is 3.24. The lowest BCUT2D eigenvalue weighted by Crippen LogP contribution is -2.34. The highest BCUT2D eigenvalue weighted by atomic mass is 32.2. The number of ether oxygens (including phenoxy) is 2. The Morgan fingerprint density at radius 1 is 1.17 bits per heavy atom. The number of hydrogen-bond acceptors (Lipinski definition) is 6. The van der Waals surface area contributed by atoms with E-state index in [0.717, 1.165) is 11.1 Å². The van der Waals surface area contributed by atoms with Crippen molar-refractivity contribution in [3.8, 4) is 11.5 Å². The third-order valence-electron chi connectivity index (χ3n) is 3.77. The standard InChI is InChI=1S/C17H19NO5S/c1-11-3-5-14(6-4-11)24(19,20)22-10-13-9-21-16-7-12(2)15(18)8-17(16)23-13/h3-8,13H,9-10,18H2,1-2H3/t13-/m1/s1. The van der Waals surface area contributed by atoms with Crippen molar-refractivity contribution in [2.45, 2.75) is 24.8 Å². The molecule has 0 aromatic heterocycles. The van der Waals surface area contributed by atoms with Gasteiger partial charge in [-0.3, -0.25) is 4.18 Å². The van der Waals surface area contributed by atoms with E-state index in [-0.39, 0.29) is 18.1 Å². The Labute approximate surface area is 141 Å². The van der Waals surface area contributed by atoms with Gasteiger partial charge in [0.25, 0.3) is 10.1 Å². The van der Waals surface area contributed by atoms with Gasteiger partial charge in [-0.05, 0) is 37.6 Å². The average Bonchev–Trinajstić information content (AvgIpc) is 2.54. The molecule has 0 spiro atoms. The molecule has 0 unspecified atom stereocenters. The van der Waals surface area contributed by atoms with Crippen molar-refractivity contribution in [2.24, 2.45) is 0 Å². The van der Waals surface area contributed by atoms with Crippen LogP contribution < -0.4 is 15.2 Å². The molecule has 1 heterocycles. The van der Waals surface area contributed by atoms with Crippen LogP contribution in [0.4, 0.5) is 5.69 Å². The quantitative estimate of drug-likeness (QED) is 0.674. The summed E-state index contributed by atoms with van der Waals surface area (Å²) in [7, 11) is -3.83. The minimum absolute atomic E-state index is 0.116. The summed E-state index contributed by atoms with van der Waals surface area (Å²) in [5.41, 5.74) is 8.32. The van der Waals surface area contributed by atoms with Crippen LogP contribution in [0.5, 0.6) is 11.5 Å². The van der Waals surface area contributed by atoms with Crippen molar-refractivity contribution >= 4 is 15.8 Å². The van der Waals surface area contributed by atoms with Gasteiger partial charge < -0.3 is 15.2 Å². The summed E-state index contributed by atoms with van der Waals surface area (Å²) in [6.45, 7) is 3.83. The highest BCUT2D eigenvalue weighted by Crippen LogP contribution is 2.35. The van der Waals surface area contributed by atoms with E-state index in [1.807, 2.05) is 13.8 Å².